The number of benzene rings is 2. The van der Waals surface area contributed by atoms with Crippen LogP contribution in [0.5, 0.6) is 0 Å². The van der Waals surface area contributed by atoms with E-state index >= 15 is 0 Å². The molecule has 2 aromatic rings. The molecule has 5 rings (SSSR count). The van der Waals surface area contributed by atoms with Crippen LogP contribution in [0.4, 0.5) is 5.69 Å². The highest BCUT2D eigenvalue weighted by molar-refractivity contribution is 9.10. The number of fused-ring (bicyclic) bond motifs is 5. The second-order valence-electron chi connectivity index (χ2n) is 7.09. The molecule has 0 aromatic heterocycles. The van der Waals surface area contributed by atoms with Gasteiger partial charge in [-0.1, -0.05) is 40.2 Å². The van der Waals surface area contributed by atoms with Gasteiger partial charge in [0.15, 0.2) is 6.04 Å². The number of hydrogen-bond donors (Lipinski definition) is 1. The Hall–Kier alpha value is -2.75. The second kappa shape index (κ2) is 5.88. The lowest BCUT2D eigenvalue weighted by atomic mass is 9.85. The summed E-state index contributed by atoms with van der Waals surface area (Å²) < 4.78 is 0.877. The van der Waals surface area contributed by atoms with Crippen molar-refractivity contribution >= 4 is 39.5 Å². The molecule has 2 saturated heterocycles. The monoisotopic (exact) mass is 420 g/mol. The summed E-state index contributed by atoms with van der Waals surface area (Å²) in [5.41, 5.74) is 2.63. The number of nitrogens with zero attached hydrogens (tertiary/aromatic N) is 2. The van der Waals surface area contributed by atoms with Crippen LogP contribution in [0.25, 0.3) is 6.08 Å². The molecular formula is C21H15BrN3O2+. The molecule has 132 valence electrons. The number of carbonyl (C=O) groups is 2. The quantitative estimate of drug-likeness (QED) is 0.718. The highest BCUT2D eigenvalue weighted by atomic mass is 79.9. The van der Waals surface area contributed by atoms with Crippen molar-refractivity contribution in [2.75, 3.05) is 4.90 Å². The van der Waals surface area contributed by atoms with Crippen molar-refractivity contribution in [2.24, 2.45) is 11.8 Å². The van der Waals surface area contributed by atoms with Gasteiger partial charge in [-0.25, -0.2) is 4.90 Å². The lowest BCUT2D eigenvalue weighted by molar-refractivity contribution is -0.885. The van der Waals surface area contributed by atoms with E-state index in [1.807, 2.05) is 48.7 Å². The van der Waals surface area contributed by atoms with Gasteiger partial charge in [-0.3, -0.25) is 14.5 Å². The molecule has 2 fully saturated rings. The number of nitrogens with one attached hydrogen (secondary N) is 1. The second-order valence-corrected chi connectivity index (χ2v) is 8.00. The van der Waals surface area contributed by atoms with E-state index in [1.54, 1.807) is 12.1 Å². The molecule has 2 aromatic carbocycles. The van der Waals surface area contributed by atoms with E-state index in [4.69, 9.17) is 0 Å². The van der Waals surface area contributed by atoms with E-state index in [0.29, 0.717) is 5.69 Å². The molecule has 3 aliphatic rings. The van der Waals surface area contributed by atoms with Crippen LogP contribution < -0.4 is 9.80 Å². The van der Waals surface area contributed by atoms with Gasteiger partial charge in [0.2, 0.25) is 11.8 Å². The van der Waals surface area contributed by atoms with Crippen LogP contribution in [-0.2, 0) is 9.59 Å². The highest BCUT2D eigenvalue weighted by Gasteiger charge is 2.66. The third-order valence-electron chi connectivity index (χ3n) is 5.84. The summed E-state index contributed by atoms with van der Waals surface area (Å²) in [5, 5.41) is 9.80. The zero-order valence-electron chi connectivity index (χ0n) is 14.2. The zero-order chi connectivity index (χ0) is 18.7. The number of rotatable bonds is 1. The van der Waals surface area contributed by atoms with Crippen molar-refractivity contribution in [2.45, 2.75) is 12.1 Å². The Kier molecular flexibility index (Phi) is 3.58. The van der Waals surface area contributed by atoms with Crippen LogP contribution in [0, 0.1) is 23.2 Å². The number of amides is 2. The minimum absolute atomic E-state index is 0.210. The Morgan fingerprint density at radius 3 is 2.44 bits per heavy atom. The number of anilines is 1. The summed E-state index contributed by atoms with van der Waals surface area (Å²) in [6, 6.07) is 16.5. The van der Waals surface area contributed by atoms with Crippen LogP contribution in [-0.4, -0.2) is 17.9 Å². The van der Waals surface area contributed by atoms with Gasteiger partial charge < -0.3 is 0 Å². The minimum atomic E-state index is -0.623. The maximum absolute atomic E-state index is 13.4. The van der Waals surface area contributed by atoms with Gasteiger partial charge in [0.1, 0.15) is 23.9 Å². The van der Waals surface area contributed by atoms with Crippen molar-refractivity contribution in [3.8, 4) is 6.07 Å². The molecule has 3 aliphatic heterocycles. The van der Waals surface area contributed by atoms with Gasteiger partial charge in [-0.2, -0.15) is 5.26 Å². The fourth-order valence-corrected chi connectivity index (χ4v) is 5.00. The molecule has 5 nitrogen and oxygen atoms in total. The van der Waals surface area contributed by atoms with Gasteiger partial charge in [-0.05, 0) is 35.9 Å². The van der Waals surface area contributed by atoms with E-state index < -0.39 is 17.9 Å². The average molecular weight is 421 g/mol. The summed E-state index contributed by atoms with van der Waals surface area (Å²) in [4.78, 5) is 28.7. The fraction of sp³-hybridized carbons (Fsp3) is 0.190. The summed E-state index contributed by atoms with van der Waals surface area (Å²) in [7, 11) is 0. The van der Waals surface area contributed by atoms with Crippen molar-refractivity contribution in [3.63, 3.8) is 0 Å². The van der Waals surface area contributed by atoms with Crippen LogP contribution in [0.15, 0.2) is 59.2 Å². The zero-order valence-corrected chi connectivity index (χ0v) is 15.8. The molecule has 1 unspecified atom stereocenters. The van der Waals surface area contributed by atoms with E-state index in [0.717, 1.165) is 20.5 Å². The van der Waals surface area contributed by atoms with Gasteiger partial charge in [0.25, 0.3) is 0 Å². The highest BCUT2D eigenvalue weighted by Crippen LogP contribution is 2.44. The Balaban J connectivity index is 1.63. The largest absolute Gasteiger partial charge is 0.287 e. The molecule has 0 bridgehead atoms. The van der Waals surface area contributed by atoms with Crippen LogP contribution in [0.3, 0.4) is 0 Å². The maximum Gasteiger partial charge on any atom is 0.245 e. The van der Waals surface area contributed by atoms with Crippen LogP contribution in [0.1, 0.15) is 17.2 Å². The van der Waals surface area contributed by atoms with E-state index in [1.165, 1.54) is 4.90 Å². The first-order valence-corrected chi connectivity index (χ1v) is 9.58. The Morgan fingerprint density at radius 2 is 1.70 bits per heavy atom. The average Bonchev–Trinajstić information content (AvgIpc) is 3.15. The predicted octanol–water partition coefficient (Wildman–Crippen LogP) is 2.07. The first-order chi connectivity index (χ1) is 13.1. The van der Waals surface area contributed by atoms with Crippen molar-refractivity contribution in [1.82, 2.24) is 0 Å². The third-order valence-corrected chi connectivity index (χ3v) is 6.37. The summed E-state index contributed by atoms with van der Waals surface area (Å²) in [6.07, 6.45) is 3.91. The summed E-state index contributed by atoms with van der Waals surface area (Å²) in [5.74, 6) is -1.63. The van der Waals surface area contributed by atoms with Gasteiger partial charge in [0, 0.05) is 10.0 Å². The smallest absolute Gasteiger partial charge is 0.245 e. The van der Waals surface area contributed by atoms with Crippen molar-refractivity contribution in [3.05, 3.63) is 70.3 Å². The van der Waals surface area contributed by atoms with Gasteiger partial charge >= 0.3 is 0 Å². The summed E-state index contributed by atoms with van der Waals surface area (Å²) in [6.45, 7) is 0. The number of quaternary nitrogens is 1. The third kappa shape index (κ3) is 2.19. The van der Waals surface area contributed by atoms with Crippen molar-refractivity contribution in [1.29, 1.82) is 5.26 Å². The fourth-order valence-electron chi connectivity index (χ4n) is 4.73. The molecule has 0 radical (unpaired) electrons. The molecule has 3 heterocycles. The van der Waals surface area contributed by atoms with Crippen LogP contribution in [0.2, 0.25) is 0 Å². The molecule has 0 spiro atoms. The first kappa shape index (κ1) is 16.4. The molecule has 0 aliphatic carbocycles. The molecule has 5 atom stereocenters. The molecule has 2 amide bonds. The molecule has 0 saturated carbocycles. The number of hydrogen-bond acceptors (Lipinski definition) is 3. The number of imide groups is 1. The Labute approximate surface area is 164 Å². The number of carbonyl (C=O) groups excluding carboxylic acids is 2. The van der Waals surface area contributed by atoms with E-state index in [-0.39, 0.29) is 17.9 Å². The standard InChI is InChI=1S/C21H14BrN3O2/c22-13-5-7-14(8-6-13)25-20(26)17-16(11-23)24-10-9-12-3-1-2-4-15(12)19(24)18(17)21(25)27/h1-10,16-19H/p+1/t16-,17-,18-,19-/m0/s1. The Bertz CT molecular complexity index is 1040. The molecule has 6 heteroatoms. The van der Waals surface area contributed by atoms with E-state index in [9.17, 15) is 14.9 Å². The van der Waals surface area contributed by atoms with Gasteiger partial charge in [0.05, 0.1) is 11.9 Å². The first-order valence-electron chi connectivity index (χ1n) is 8.78. The molecule has 27 heavy (non-hydrogen) atoms. The molecule has 1 N–H and O–H groups in total. The SMILES string of the molecule is N#C[C@H]1[C@@H]2C(=O)N(c3ccc(Br)cc3)C(=O)[C@@H]2[C@@H]2c3ccccc3C=C[NH+]12. The van der Waals surface area contributed by atoms with E-state index in [2.05, 4.69) is 22.0 Å². The number of halogens is 1. The normalized spacial score (nSPS) is 30.7. The topological polar surface area (TPSA) is 65.6 Å². The maximum atomic E-state index is 13.4. The van der Waals surface area contributed by atoms with Crippen LogP contribution >= 0.6 is 15.9 Å². The minimum Gasteiger partial charge on any atom is -0.287 e. The number of nitriles is 1. The lowest BCUT2D eigenvalue weighted by Gasteiger charge is -2.28. The summed E-state index contributed by atoms with van der Waals surface area (Å²) >= 11 is 3.37. The molecular weight excluding hydrogens is 406 g/mol. The predicted molar refractivity (Wildman–Crippen MR) is 102 cm³/mol. The van der Waals surface area contributed by atoms with Crippen molar-refractivity contribution < 1.29 is 14.5 Å². The lowest BCUT2D eigenvalue weighted by Crippen LogP contribution is -3.10. The van der Waals surface area contributed by atoms with Gasteiger partial charge in [-0.15, -0.1) is 0 Å². The Morgan fingerprint density at radius 1 is 1.00 bits per heavy atom.